The molecule has 2 saturated heterocycles. The van der Waals surface area contributed by atoms with Gasteiger partial charge in [0.05, 0.1) is 30.9 Å². The lowest BCUT2D eigenvalue weighted by atomic mass is 9.91. The summed E-state index contributed by atoms with van der Waals surface area (Å²) in [6.07, 6.45) is 4.54. The first-order valence-electron chi connectivity index (χ1n) is 15.8. The van der Waals surface area contributed by atoms with E-state index in [0.29, 0.717) is 44.5 Å². The van der Waals surface area contributed by atoms with Crippen molar-refractivity contribution in [1.29, 1.82) is 0 Å². The first-order valence-corrected chi connectivity index (χ1v) is 15.8. The molecule has 45 heavy (non-hydrogen) atoms. The lowest BCUT2D eigenvalue weighted by Gasteiger charge is -2.45. The molecule has 0 aliphatic carbocycles. The van der Waals surface area contributed by atoms with Crippen LogP contribution in [-0.2, 0) is 16.1 Å². The van der Waals surface area contributed by atoms with Crippen molar-refractivity contribution in [3.8, 4) is 0 Å². The second-order valence-corrected chi connectivity index (χ2v) is 12.3. The molecule has 1 unspecified atom stereocenters. The number of piperazine rings is 1. The van der Waals surface area contributed by atoms with Crippen molar-refractivity contribution in [1.82, 2.24) is 19.8 Å². The summed E-state index contributed by atoms with van der Waals surface area (Å²) in [6.45, 7) is 11.8. The van der Waals surface area contributed by atoms with Gasteiger partial charge < -0.3 is 29.7 Å². The summed E-state index contributed by atoms with van der Waals surface area (Å²) in [6, 6.07) is 14.0. The summed E-state index contributed by atoms with van der Waals surface area (Å²) in [4.78, 5) is 47.0. The molecule has 0 bridgehead atoms. The van der Waals surface area contributed by atoms with E-state index < -0.39 is 0 Å². The van der Waals surface area contributed by atoms with Gasteiger partial charge >= 0.3 is 6.03 Å². The van der Waals surface area contributed by atoms with Crippen molar-refractivity contribution >= 4 is 40.8 Å². The molecule has 11 nitrogen and oxygen atoms in total. The molecule has 0 spiro atoms. The first-order chi connectivity index (χ1) is 21.9. The minimum absolute atomic E-state index is 0.0971. The van der Waals surface area contributed by atoms with Crippen LogP contribution in [0, 0.1) is 6.92 Å². The second kappa shape index (κ2) is 12.1. The van der Waals surface area contributed by atoms with Crippen LogP contribution < -0.4 is 20.0 Å². The van der Waals surface area contributed by atoms with Crippen LogP contribution in [0.2, 0.25) is 0 Å². The molecule has 2 atom stereocenters. The molecule has 3 amide bonds. The SMILES string of the molecule is C=CC(=O)N1CC[C@H](N2Cc3cnc(Nc4ccc(N5CCN(C)CC5)cc4)nc3N(C3CCOC3)C2=O)c2cccc(C)c21. The molecular weight excluding hydrogens is 568 g/mol. The van der Waals surface area contributed by atoms with Crippen LogP contribution in [0.3, 0.4) is 0 Å². The molecule has 5 heterocycles. The average Bonchev–Trinajstić information content (AvgIpc) is 3.59. The number of carbonyl (C=O) groups excluding carboxylic acids is 2. The average molecular weight is 609 g/mol. The maximum Gasteiger partial charge on any atom is 0.326 e. The van der Waals surface area contributed by atoms with Gasteiger partial charge in [0.2, 0.25) is 11.9 Å². The molecule has 2 fully saturated rings. The molecule has 1 aromatic heterocycles. The summed E-state index contributed by atoms with van der Waals surface area (Å²) >= 11 is 0. The number of urea groups is 1. The molecule has 2 aromatic carbocycles. The Morgan fingerprint density at radius 1 is 1.07 bits per heavy atom. The first kappa shape index (κ1) is 29.2. The minimum atomic E-state index is -0.198. The number of nitrogens with zero attached hydrogens (tertiary/aromatic N) is 7. The van der Waals surface area contributed by atoms with Gasteiger partial charge in [-0.1, -0.05) is 24.8 Å². The maximum absolute atomic E-state index is 14.4. The fourth-order valence-corrected chi connectivity index (χ4v) is 7.00. The monoisotopic (exact) mass is 608 g/mol. The van der Waals surface area contributed by atoms with Gasteiger partial charge in [0.1, 0.15) is 5.82 Å². The van der Waals surface area contributed by atoms with Crippen LogP contribution >= 0.6 is 0 Å². The van der Waals surface area contributed by atoms with Crippen LogP contribution in [0.1, 0.15) is 35.6 Å². The number of ether oxygens (including phenoxy) is 1. The van der Waals surface area contributed by atoms with Crippen LogP contribution in [0.5, 0.6) is 0 Å². The lowest BCUT2D eigenvalue weighted by molar-refractivity contribution is -0.114. The number of para-hydroxylation sites is 1. The molecule has 11 heteroatoms. The van der Waals surface area contributed by atoms with E-state index in [-0.39, 0.29) is 24.0 Å². The van der Waals surface area contributed by atoms with Gasteiger partial charge in [0.25, 0.3) is 0 Å². The quantitative estimate of drug-likeness (QED) is 0.410. The maximum atomic E-state index is 14.4. The van der Waals surface area contributed by atoms with E-state index in [4.69, 9.17) is 9.72 Å². The molecule has 4 aliphatic rings. The van der Waals surface area contributed by atoms with Crippen molar-refractivity contribution < 1.29 is 14.3 Å². The Bertz CT molecular complexity index is 1600. The van der Waals surface area contributed by atoms with E-state index in [0.717, 1.165) is 60.7 Å². The number of benzene rings is 2. The highest BCUT2D eigenvalue weighted by atomic mass is 16.5. The molecule has 234 valence electrons. The summed E-state index contributed by atoms with van der Waals surface area (Å²) in [7, 11) is 2.16. The molecule has 3 aromatic rings. The topological polar surface area (TPSA) is 97.4 Å². The van der Waals surface area contributed by atoms with Crippen LogP contribution in [0.15, 0.2) is 61.3 Å². The zero-order chi connectivity index (χ0) is 31.1. The lowest BCUT2D eigenvalue weighted by Crippen LogP contribution is -2.54. The van der Waals surface area contributed by atoms with Crippen molar-refractivity contribution in [3.05, 3.63) is 78.0 Å². The van der Waals surface area contributed by atoms with E-state index in [1.54, 1.807) is 4.90 Å². The predicted molar refractivity (Wildman–Crippen MR) is 175 cm³/mol. The Morgan fingerprint density at radius 2 is 1.87 bits per heavy atom. The van der Waals surface area contributed by atoms with Gasteiger partial charge in [-0.05, 0) is 68.3 Å². The van der Waals surface area contributed by atoms with Crippen LogP contribution in [-0.4, -0.2) is 90.7 Å². The number of hydrogen-bond acceptors (Lipinski definition) is 8. The van der Waals surface area contributed by atoms with E-state index in [2.05, 4.69) is 58.0 Å². The highest BCUT2D eigenvalue weighted by molar-refractivity contribution is 6.03. The summed E-state index contributed by atoms with van der Waals surface area (Å²) < 4.78 is 5.74. The number of aromatic nitrogens is 2. The van der Waals surface area contributed by atoms with Crippen LogP contribution in [0.25, 0.3) is 0 Å². The van der Waals surface area contributed by atoms with Gasteiger partial charge in [0, 0.05) is 62.5 Å². The largest absolute Gasteiger partial charge is 0.379 e. The molecular formula is C34H40N8O3. The zero-order valence-electron chi connectivity index (χ0n) is 26.0. The van der Waals surface area contributed by atoms with Gasteiger partial charge in [-0.3, -0.25) is 9.69 Å². The van der Waals surface area contributed by atoms with E-state index in [9.17, 15) is 9.59 Å². The normalized spacial score (nSPS) is 21.9. The van der Waals surface area contributed by atoms with Crippen molar-refractivity contribution in [2.24, 2.45) is 0 Å². The minimum Gasteiger partial charge on any atom is -0.379 e. The highest BCUT2D eigenvalue weighted by Gasteiger charge is 2.43. The number of anilines is 5. The van der Waals surface area contributed by atoms with Gasteiger partial charge in [-0.15, -0.1) is 0 Å². The third-order valence-electron chi connectivity index (χ3n) is 9.47. The van der Waals surface area contributed by atoms with Gasteiger partial charge in [-0.25, -0.2) is 9.78 Å². The number of amides is 3. The Kier molecular flexibility index (Phi) is 7.88. The van der Waals surface area contributed by atoms with E-state index in [1.165, 1.54) is 11.8 Å². The summed E-state index contributed by atoms with van der Waals surface area (Å²) in [5.74, 6) is 0.942. The molecule has 4 aliphatic heterocycles. The van der Waals surface area contributed by atoms with Crippen molar-refractivity contribution in [3.63, 3.8) is 0 Å². The number of carbonyl (C=O) groups is 2. The van der Waals surface area contributed by atoms with Gasteiger partial charge in [0.15, 0.2) is 0 Å². The number of rotatable bonds is 6. The molecule has 0 radical (unpaired) electrons. The predicted octanol–water partition coefficient (Wildman–Crippen LogP) is 4.48. The van der Waals surface area contributed by atoms with Gasteiger partial charge in [-0.2, -0.15) is 4.98 Å². The molecule has 1 N–H and O–H groups in total. The number of hydrogen-bond donors (Lipinski definition) is 1. The van der Waals surface area contributed by atoms with Crippen LogP contribution in [0.4, 0.5) is 33.6 Å². The van der Waals surface area contributed by atoms with Crippen molar-refractivity contribution in [2.75, 3.05) is 73.0 Å². The fraction of sp³-hybridized carbons (Fsp3) is 0.412. The Hall–Kier alpha value is -4.48. The molecule has 7 rings (SSSR count). The zero-order valence-corrected chi connectivity index (χ0v) is 26.0. The molecule has 0 saturated carbocycles. The number of fused-ring (bicyclic) bond motifs is 2. The fourth-order valence-electron chi connectivity index (χ4n) is 7.00. The van der Waals surface area contributed by atoms with E-state index in [1.807, 2.05) is 41.1 Å². The second-order valence-electron chi connectivity index (χ2n) is 12.3. The standard InChI is InChI=1S/C34H40N8O3/c1-4-30(43)40-14-12-29(28-7-5-6-23(2)31(28)40)41-21-24-20-35-33(37-32(24)42(34(41)44)27-13-19-45-22-27)36-25-8-10-26(11-9-25)39-17-15-38(3)16-18-39/h4-11,20,27,29H,1,12-19,21-22H2,2-3H3,(H,35,36,37)/t27?,29-/m0/s1. The van der Waals surface area contributed by atoms with E-state index >= 15 is 0 Å². The highest BCUT2D eigenvalue weighted by Crippen LogP contribution is 2.43. The number of aryl methyl sites for hydroxylation is 1. The smallest absolute Gasteiger partial charge is 0.326 e. The third kappa shape index (κ3) is 5.51. The number of likely N-dealkylation sites (N-methyl/N-ethyl adjacent to an activating group) is 1. The number of nitrogens with one attached hydrogen (secondary N) is 1. The summed E-state index contributed by atoms with van der Waals surface area (Å²) in [5.41, 5.74) is 5.80. The Morgan fingerprint density at radius 3 is 2.60 bits per heavy atom. The Balaban J connectivity index is 1.17. The Labute approximate surface area is 264 Å². The van der Waals surface area contributed by atoms with Crippen molar-refractivity contribution in [2.45, 2.75) is 38.4 Å². The summed E-state index contributed by atoms with van der Waals surface area (Å²) in [5, 5.41) is 3.35. The third-order valence-corrected chi connectivity index (χ3v) is 9.47.